The predicted octanol–water partition coefficient (Wildman–Crippen LogP) is 3.52. The van der Waals surface area contributed by atoms with Crippen LogP contribution in [0, 0.1) is 11.3 Å². The highest BCUT2D eigenvalue weighted by Crippen LogP contribution is 2.26. The van der Waals surface area contributed by atoms with E-state index in [-0.39, 0.29) is 5.56 Å². The van der Waals surface area contributed by atoms with E-state index in [1.165, 1.54) is 7.11 Å². The molecule has 0 radical (unpaired) electrons. The van der Waals surface area contributed by atoms with Crippen LogP contribution in [-0.4, -0.2) is 25.6 Å². The van der Waals surface area contributed by atoms with Crippen LogP contribution in [0.5, 0.6) is 5.75 Å². The van der Waals surface area contributed by atoms with Gasteiger partial charge in [0, 0.05) is 5.69 Å². The maximum atomic E-state index is 12.4. The second-order valence-electron chi connectivity index (χ2n) is 5.71. The molecule has 0 atom stereocenters. The molecule has 1 N–H and O–H groups in total. The molecule has 0 aliphatic rings. The van der Waals surface area contributed by atoms with E-state index in [1.807, 2.05) is 30.3 Å². The van der Waals surface area contributed by atoms with E-state index in [0.717, 1.165) is 10.8 Å². The summed E-state index contributed by atoms with van der Waals surface area (Å²) in [5.41, 5.74) is 1.25. The molecule has 0 unspecified atom stereocenters. The number of rotatable bonds is 5. The fourth-order valence-electron chi connectivity index (χ4n) is 2.58. The zero-order valence-corrected chi connectivity index (χ0v) is 14.6. The Bertz CT molecular complexity index is 1040. The second-order valence-corrected chi connectivity index (χ2v) is 5.71. The van der Waals surface area contributed by atoms with Crippen molar-refractivity contribution in [3.63, 3.8) is 0 Å². The topological polar surface area (TPSA) is 88.4 Å². The fraction of sp³-hybridized carbons (Fsp3) is 0.0952. The Morgan fingerprint density at radius 3 is 2.33 bits per heavy atom. The molecule has 0 fully saturated rings. The summed E-state index contributed by atoms with van der Waals surface area (Å²) in [7, 11) is 1.47. The Labute approximate surface area is 155 Å². The Hall–Kier alpha value is -3.85. The molecular weight excluding hydrogens is 344 g/mol. The molecule has 0 bridgehead atoms. The van der Waals surface area contributed by atoms with Crippen LogP contribution in [0.2, 0.25) is 0 Å². The van der Waals surface area contributed by atoms with Crippen molar-refractivity contribution in [2.24, 2.45) is 0 Å². The molecule has 3 rings (SSSR count). The van der Waals surface area contributed by atoms with Gasteiger partial charge in [-0.3, -0.25) is 4.79 Å². The van der Waals surface area contributed by atoms with Crippen LogP contribution in [0.1, 0.15) is 15.9 Å². The van der Waals surface area contributed by atoms with E-state index in [2.05, 4.69) is 5.32 Å². The van der Waals surface area contributed by atoms with Gasteiger partial charge in [0.1, 0.15) is 11.3 Å². The molecule has 0 heterocycles. The van der Waals surface area contributed by atoms with Crippen molar-refractivity contribution >= 4 is 28.3 Å². The fourth-order valence-corrected chi connectivity index (χ4v) is 2.58. The summed E-state index contributed by atoms with van der Waals surface area (Å²) in [4.78, 5) is 24.4. The van der Waals surface area contributed by atoms with Gasteiger partial charge in [0.15, 0.2) is 6.61 Å². The maximum absolute atomic E-state index is 12.4. The molecule has 0 saturated carbocycles. The lowest BCUT2D eigenvalue weighted by Crippen LogP contribution is -2.21. The Morgan fingerprint density at radius 1 is 1.04 bits per heavy atom. The van der Waals surface area contributed by atoms with Crippen molar-refractivity contribution in [1.82, 2.24) is 0 Å². The lowest BCUT2D eigenvalue weighted by Gasteiger charge is -2.11. The third-order valence-corrected chi connectivity index (χ3v) is 3.92. The highest BCUT2D eigenvalue weighted by atomic mass is 16.5. The van der Waals surface area contributed by atoms with Gasteiger partial charge in [-0.2, -0.15) is 5.26 Å². The third kappa shape index (κ3) is 4.22. The van der Waals surface area contributed by atoms with Crippen molar-refractivity contribution in [3.8, 4) is 11.8 Å². The summed E-state index contributed by atoms with van der Waals surface area (Å²) in [6, 6.07) is 19.4. The minimum absolute atomic E-state index is 0.252. The SMILES string of the molecule is COc1cc2ccccc2cc1C(=O)OCC(=O)Nc1ccc(C#N)cc1. The number of ether oxygens (including phenoxy) is 2. The van der Waals surface area contributed by atoms with E-state index in [0.29, 0.717) is 17.0 Å². The molecule has 0 saturated heterocycles. The van der Waals surface area contributed by atoms with Crippen molar-refractivity contribution in [2.45, 2.75) is 0 Å². The van der Waals surface area contributed by atoms with E-state index < -0.39 is 18.5 Å². The van der Waals surface area contributed by atoms with Gasteiger partial charge in [0.2, 0.25) is 0 Å². The monoisotopic (exact) mass is 360 g/mol. The summed E-state index contributed by atoms with van der Waals surface area (Å²) >= 11 is 0. The van der Waals surface area contributed by atoms with Crippen molar-refractivity contribution in [2.75, 3.05) is 19.0 Å². The molecule has 0 aliphatic carbocycles. The van der Waals surface area contributed by atoms with Crippen LogP contribution in [0.4, 0.5) is 5.69 Å². The number of carbonyl (C=O) groups excluding carboxylic acids is 2. The largest absolute Gasteiger partial charge is 0.496 e. The van der Waals surface area contributed by atoms with Crippen LogP contribution < -0.4 is 10.1 Å². The number of hydrogen-bond acceptors (Lipinski definition) is 5. The van der Waals surface area contributed by atoms with Gasteiger partial charge in [-0.25, -0.2) is 4.79 Å². The molecule has 3 aromatic carbocycles. The molecule has 27 heavy (non-hydrogen) atoms. The first-order valence-corrected chi connectivity index (χ1v) is 8.14. The minimum Gasteiger partial charge on any atom is -0.496 e. The van der Waals surface area contributed by atoms with E-state index in [1.54, 1.807) is 36.4 Å². The number of amides is 1. The minimum atomic E-state index is -0.646. The van der Waals surface area contributed by atoms with Crippen LogP contribution in [0.3, 0.4) is 0 Å². The number of nitrogens with one attached hydrogen (secondary N) is 1. The zero-order chi connectivity index (χ0) is 19.2. The van der Waals surface area contributed by atoms with Crippen molar-refractivity contribution in [3.05, 3.63) is 71.8 Å². The van der Waals surface area contributed by atoms with Gasteiger partial charge in [0.05, 0.1) is 18.7 Å². The van der Waals surface area contributed by atoms with E-state index in [4.69, 9.17) is 14.7 Å². The number of nitriles is 1. The number of methoxy groups -OCH3 is 1. The lowest BCUT2D eigenvalue weighted by molar-refractivity contribution is -0.119. The normalized spacial score (nSPS) is 10.1. The molecular formula is C21H16N2O4. The van der Waals surface area contributed by atoms with E-state index in [9.17, 15) is 9.59 Å². The number of carbonyl (C=O) groups is 2. The van der Waals surface area contributed by atoms with Gasteiger partial charge >= 0.3 is 5.97 Å². The molecule has 6 heteroatoms. The number of benzene rings is 3. The number of nitrogens with zero attached hydrogens (tertiary/aromatic N) is 1. The summed E-state index contributed by atoms with van der Waals surface area (Å²) in [5, 5.41) is 13.2. The summed E-state index contributed by atoms with van der Waals surface area (Å²) < 4.78 is 10.4. The summed E-state index contributed by atoms with van der Waals surface area (Å²) in [6.07, 6.45) is 0. The number of anilines is 1. The molecule has 1 amide bonds. The Morgan fingerprint density at radius 2 is 1.70 bits per heavy atom. The van der Waals surface area contributed by atoms with Gasteiger partial charge in [-0.1, -0.05) is 24.3 Å². The average molecular weight is 360 g/mol. The first-order valence-electron chi connectivity index (χ1n) is 8.14. The van der Waals surface area contributed by atoms with Crippen LogP contribution in [-0.2, 0) is 9.53 Å². The van der Waals surface area contributed by atoms with Gasteiger partial charge in [-0.05, 0) is 47.2 Å². The third-order valence-electron chi connectivity index (χ3n) is 3.92. The molecule has 6 nitrogen and oxygen atoms in total. The van der Waals surface area contributed by atoms with Gasteiger partial charge in [-0.15, -0.1) is 0 Å². The van der Waals surface area contributed by atoms with Crippen LogP contribution in [0.15, 0.2) is 60.7 Å². The maximum Gasteiger partial charge on any atom is 0.342 e. The predicted molar refractivity (Wildman–Crippen MR) is 101 cm³/mol. The highest BCUT2D eigenvalue weighted by Gasteiger charge is 2.16. The zero-order valence-electron chi connectivity index (χ0n) is 14.6. The highest BCUT2D eigenvalue weighted by molar-refractivity contribution is 6.00. The number of fused-ring (bicyclic) bond motifs is 1. The summed E-state index contributed by atoms with van der Waals surface area (Å²) in [5.74, 6) is -0.744. The summed E-state index contributed by atoms with van der Waals surface area (Å²) in [6.45, 7) is -0.436. The second kappa shape index (κ2) is 8.02. The van der Waals surface area contributed by atoms with Gasteiger partial charge in [0.25, 0.3) is 5.91 Å². The molecule has 134 valence electrons. The first kappa shape index (κ1) is 18.0. The Balaban J connectivity index is 1.67. The molecule has 0 aromatic heterocycles. The Kier molecular flexibility index (Phi) is 5.33. The quantitative estimate of drug-likeness (QED) is 0.703. The molecule has 0 aliphatic heterocycles. The average Bonchev–Trinajstić information content (AvgIpc) is 2.71. The van der Waals surface area contributed by atoms with Gasteiger partial charge < -0.3 is 14.8 Å². The van der Waals surface area contributed by atoms with Crippen LogP contribution >= 0.6 is 0 Å². The van der Waals surface area contributed by atoms with Crippen molar-refractivity contribution in [1.29, 1.82) is 5.26 Å². The smallest absolute Gasteiger partial charge is 0.342 e. The van der Waals surface area contributed by atoms with E-state index >= 15 is 0 Å². The number of esters is 1. The molecule has 3 aromatic rings. The lowest BCUT2D eigenvalue weighted by atomic mass is 10.1. The first-order chi connectivity index (χ1) is 13.1. The van der Waals surface area contributed by atoms with Crippen molar-refractivity contribution < 1.29 is 19.1 Å². The standard InChI is InChI=1S/C21H16N2O4/c1-26-19-11-16-5-3-2-4-15(16)10-18(19)21(25)27-13-20(24)23-17-8-6-14(12-22)7-9-17/h2-11H,13H2,1H3,(H,23,24). The molecule has 0 spiro atoms. The van der Waals surface area contributed by atoms with Crippen LogP contribution in [0.25, 0.3) is 10.8 Å². The number of hydrogen-bond donors (Lipinski definition) is 1.